The molecule has 1 N–H and O–H groups in total. The zero-order valence-corrected chi connectivity index (χ0v) is 17.2. The largest absolute Gasteiger partial charge is 0.424 e. The summed E-state index contributed by atoms with van der Waals surface area (Å²) in [5, 5.41) is 23.6. The van der Waals surface area contributed by atoms with Crippen molar-refractivity contribution in [3.05, 3.63) is 65.5 Å². The molecule has 8 nitrogen and oxygen atoms in total. The standard InChI is InChI=1S/C21H19F3N6O2/c1-13-11-28(12-16-10-26-19(30(13)16)20(2,32)21(22,23)24)18(31)14-4-5-15(9-25)17(8-14)29-7-3-6-27-29/h3-8,10,13,32H,11-12H2,1-2H3/t13-,20?/m0/s1. The maximum atomic E-state index is 13.3. The van der Waals surface area contributed by atoms with Crippen molar-refractivity contribution in [2.75, 3.05) is 6.54 Å². The molecular weight excluding hydrogens is 425 g/mol. The number of nitrogens with zero attached hydrogens (tertiary/aromatic N) is 6. The van der Waals surface area contributed by atoms with Crippen molar-refractivity contribution >= 4 is 5.91 Å². The molecule has 32 heavy (non-hydrogen) atoms. The number of hydrogen-bond acceptors (Lipinski definition) is 5. The van der Waals surface area contributed by atoms with Gasteiger partial charge in [-0.3, -0.25) is 4.79 Å². The lowest BCUT2D eigenvalue weighted by Crippen LogP contribution is -2.45. The van der Waals surface area contributed by atoms with Crippen molar-refractivity contribution in [3.63, 3.8) is 0 Å². The number of imidazole rings is 1. The normalized spacial score (nSPS) is 18.0. The van der Waals surface area contributed by atoms with Crippen LogP contribution in [0.4, 0.5) is 13.2 Å². The Balaban J connectivity index is 1.65. The van der Waals surface area contributed by atoms with Gasteiger partial charge in [-0.15, -0.1) is 0 Å². The Bertz CT molecular complexity index is 1210. The van der Waals surface area contributed by atoms with E-state index in [0.29, 0.717) is 29.4 Å². The van der Waals surface area contributed by atoms with E-state index in [4.69, 9.17) is 0 Å². The molecule has 1 amide bonds. The molecule has 4 rings (SSSR count). The van der Waals surface area contributed by atoms with Gasteiger partial charge in [0.15, 0.2) is 5.82 Å². The first-order valence-corrected chi connectivity index (χ1v) is 9.73. The van der Waals surface area contributed by atoms with Crippen molar-refractivity contribution in [1.29, 1.82) is 5.26 Å². The average molecular weight is 444 g/mol. The Morgan fingerprint density at radius 1 is 1.34 bits per heavy atom. The summed E-state index contributed by atoms with van der Waals surface area (Å²) in [5.41, 5.74) is -1.62. The summed E-state index contributed by atoms with van der Waals surface area (Å²) >= 11 is 0. The molecule has 0 spiro atoms. The van der Waals surface area contributed by atoms with E-state index in [2.05, 4.69) is 16.2 Å². The number of carbonyl (C=O) groups excluding carboxylic acids is 1. The molecule has 1 aromatic carbocycles. The van der Waals surface area contributed by atoms with Crippen LogP contribution in [0, 0.1) is 11.3 Å². The van der Waals surface area contributed by atoms with Crippen LogP contribution in [0.25, 0.3) is 5.69 Å². The fourth-order valence-corrected chi connectivity index (χ4v) is 3.85. The Kier molecular flexibility index (Phi) is 5.05. The van der Waals surface area contributed by atoms with Crippen LogP contribution in [0.1, 0.15) is 47.3 Å². The van der Waals surface area contributed by atoms with Gasteiger partial charge in [-0.1, -0.05) is 0 Å². The van der Waals surface area contributed by atoms with E-state index in [9.17, 15) is 28.3 Å². The molecule has 0 saturated carbocycles. The lowest BCUT2D eigenvalue weighted by molar-refractivity contribution is -0.263. The molecule has 166 valence electrons. The number of aliphatic hydroxyl groups is 1. The summed E-state index contributed by atoms with van der Waals surface area (Å²) in [6.07, 6.45) is -0.441. The van der Waals surface area contributed by atoms with Crippen LogP contribution in [0.15, 0.2) is 42.9 Å². The third kappa shape index (κ3) is 3.42. The van der Waals surface area contributed by atoms with Crippen molar-refractivity contribution < 1.29 is 23.1 Å². The maximum absolute atomic E-state index is 13.3. The highest BCUT2D eigenvalue weighted by Gasteiger charge is 2.55. The van der Waals surface area contributed by atoms with Gasteiger partial charge in [0.1, 0.15) is 6.07 Å². The van der Waals surface area contributed by atoms with Gasteiger partial charge in [-0.2, -0.15) is 23.5 Å². The number of amides is 1. The quantitative estimate of drug-likeness (QED) is 0.670. The Labute approximate surface area is 181 Å². The maximum Gasteiger partial charge on any atom is 0.424 e. The molecule has 0 saturated heterocycles. The minimum Gasteiger partial charge on any atom is -0.374 e. The van der Waals surface area contributed by atoms with E-state index in [0.717, 1.165) is 0 Å². The van der Waals surface area contributed by atoms with Gasteiger partial charge >= 0.3 is 6.18 Å². The monoisotopic (exact) mass is 444 g/mol. The first-order valence-electron chi connectivity index (χ1n) is 9.73. The molecule has 0 bridgehead atoms. The van der Waals surface area contributed by atoms with Gasteiger partial charge in [0.25, 0.3) is 5.91 Å². The van der Waals surface area contributed by atoms with Crippen LogP contribution >= 0.6 is 0 Å². The van der Waals surface area contributed by atoms with Crippen molar-refractivity contribution in [1.82, 2.24) is 24.2 Å². The molecule has 2 aromatic heterocycles. The number of nitriles is 1. The van der Waals surface area contributed by atoms with E-state index in [1.54, 1.807) is 31.5 Å². The van der Waals surface area contributed by atoms with Gasteiger partial charge in [-0.05, 0) is 38.1 Å². The van der Waals surface area contributed by atoms with Gasteiger partial charge in [-0.25, -0.2) is 9.67 Å². The minimum atomic E-state index is -4.90. The predicted octanol–water partition coefficient (Wildman–Crippen LogP) is 2.93. The Hall–Kier alpha value is -3.65. The van der Waals surface area contributed by atoms with Gasteiger partial charge in [0.2, 0.25) is 5.60 Å². The van der Waals surface area contributed by atoms with Crippen LogP contribution in [0.5, 0.6) is 0 Å². The first-order chi connectivity index (χ1) is 15.0. The van der Waals surface area contributed by atoms with E-state index < -0.39 is 23.6 Å². The highest BCUT2D eigenvalue weighted by atomic mass is 19.4. The minimum absolute atomic E-state index is 0.0290. The smallest absolute Gasteiger partial charge is 0.374 e. The van der Waals surface area contributed by atoms with E-state index in [1.807, 2.05) is 0 Å². The number of alkyl halides is 3. The average Bonchev–Trinajstić information content (AvgIpc) is 3.42. The van der Waals surface area contributed by atoms with Crippen molar-refractivity contribution in [3.8, 4) is 11.8 Å². The lowest BCUT2D eigenvalue weighted by Gasteiger charge is -2.36. The van der Waals surface area contributed by atoms with Crippen LogP contribution in [-0.2, 0) is 12.1 Å². The number of fused-ring (bicyclic) bond motifs is 1. The highest BCUT2D eigenvalue weighted by Crippen LogP contribution is 2.40. The second kappa shape index (κ2) is 7.49. The topological polar surface area (TPSA) is 100.0 Å². The molecule has 11 heteroatoms. The summed E-state index contributed by atoms with van der Waals surface area (Å²) in [6, 6.07) is 7.83. The summed E-state index contributed by atoms with van der Waals surface area (Å²) in [4.78, 5) is 18.5. The Morgan fingerprint density at radius 2 is 2.09 bits per heavy atom. The fraction of sp³-hybridized carbons (Fsp3) is 0.333. The third-order valence-corrected chi connectivity index (χ3v) is 5.54. The zero-order valence-electron chi connectivity index (χ0n) is 17.2. The first kappa shape index (κ1) is 21.6. The second-order valence-corrected chi connectivity index (χ2v) is 7.84. The molecular formula is C21H19F3N6O2. The molecule has 1 unspecified atom stereocenters. The number of aromatic nitrogens is 4. The second-order valence-electron chi connectivity index (χ2n) is 7.84. The van der Waals surface area contributed by atoms with E-state index >= 15 is 0 Å². The van der Waals surface area contributed by atoms with Gasteiger partial charge in [0, 0.05) is 24.5 Å². The zero-order chi connectivity index (χ0) is 23.3. The number of halogens is 3. The van der Waals surface area contributed by atoms with E-state index in [-0.39, 0.29) is 19.0 Å². The summed E-state index contributed by atoms with van der Waals surface area (Å²) in [5.74, 6) is -0.842. The van der Waals surface area contributed by atoms with Crippen LogP contribution in [0.2, 0.25) is 0 Å². The molecule has 3 aromatic rings. The molecule has 0 radical (unpaired) electrons. The lowest BCUT2D eigenvalue weighted by atomic mass is 10.0. The summed E-state index contributed by atoms with van der Waals surface area (Å²) < 4.78 is 42.8. The molecule has 1 aliphatic rings. The van der Waals surface area contributed by atoms with Crippen molar-refractivity contribution in [2.45, 2.75) is 38.2 Å². The third-order valence-electron chi connectivity index (χ3n) is 5.54. The molecule has 3 heterocycles. The Morgan fingerprint density at radius 3 is 2.72 bits per heavy atom. The summed E-state index contributed by atoms with van der Waals surface area (Å²) in [7, 11) is 0. The summed E-state index contributed by atoms with van der Waals surface area (Å²) in [6.45, 7) is 2.48. The highest BCUT2D eigenvalue weighted by molar-refractivity contribution is 5.95. The number of rotatable bonds is 3. The van der Waals surface area contributed by atoms with Crippen molar-refractivity contribution in [2.24, 2.45) is 0 Å². The number of carbonyl (C=O) groups is 1. The van der Waals surface area contributed by atoms with Crippen LogP contribution < -0.4 is 0 Å². The molecule has 0 aliphatic carbocycles. The number of benzene rings is 1. The molecule has 0 fully saturated rings. The van der Waals surface area contributed by atoms with Crippen LogP contribution in [0.3, 0.4) is 0 Å². The SMILES string of the molecule is C[C@H]1CN(C(=O)c2ccc(C#N)c(-n3cccn3)c2)Cc2cnc(C(C)(O)C(F)(F)F)n21. The fourth-order valence-electron chi connectivity index (χ4n) is 3.85. The van der Waals surface area contributed by atoms with Crippen LogP contribution in [-0.4, -0.2) is 48.0 Å². The molecule has 2 atom stereocenters. The number of hydrogen-bond donors (Lipinski definition) is 1. The van der Waals surface area contributed by atoms with E-state index in [1.165, 1.54) is 32.5 Å². The van der Waals surface area contributed by atoms with Gasteiger partial charge in [0.05, 0.1) is 35.7 Å². The predicted molar refractivity (Wildman–Crippen MR) is 106 cm³/mol. The molecule has 1 aliphatic heterocycles. The van der Waals surface area contributed by atoms with Gasteiger partial charge < -0.3 is 14.6 Å².